The van der Waals surface area contributed by atoms with E-state index in [1.807, 2.05) is 26.1 Å². The number of amidine groups is 2. The van der Waals surface area contributed by atoms with Crippen LogP contribution in [0.2, 0.25) is 0 Å². The van der Waals surface area contributed by atoms with Gasteiger partial charge in [-0.2, -0.15) is 26.3 Å². The average molecular weight is 1400 g/mol. The van der Waals surface area contributed by atoms with E-state index >= 15 is 0 Å². The highest BCUT2D eigenvalue weighted by atomic mass is 32.2. The Labute approximate surface area is 565 Å². The molecule has 4 aliphatic heterocycles. The number of nitrogens with one attached hydrogen (secondary N) is 3. The maximum atomic E-state index is 13.6. The molecule has 4 aliphatic rings. The Kier molecular flexibility index (Phi) is 28.9. The molecule has 28 heteroatoms. The second-order valence-corrected chi connectivity index (χ2v) is 27.6. The number of unbranched alkanes of at least 4 members (excludes halogenated alkanes) is 2. The van der Waals surface area contributed by atoms with Crippen LogP contribution in [0.3, 0.4) is 0 Å². The number of aryl methyl sites for hydroxylation is 4. The van der Waals surface area contributed by atoms with Crippen LogP contribution in [0, 0.1) is 13.8 Å². The number of aliphatic imine (C=N–C) groups is 2. The zero-order valence-electron chi connectivity index (χ0n) is 56.1. The Balaban J connectivity index is 0.000000313. The highest BCUT2D eigenvalue weighted by molar-refractivity contribution is 7.89. The first-order chi connectivity index (χ1) is 46.3. The number of sulfonamides is 2. The predicted octanol–water partition coefficient (Wildman–Crippen LogP) is 11.0. The molecule has 3 amide bonds. The number of nitrogens with zero attached hydrogens (tertiary/aromatic N) is 5. The van der Waals surface area contributed by atoms with Gasteiger partial charge in [-0.3, -0.25) is 28.8 Å². The van der Waals surface area contributed by atoms with E-state index in [4.69, 9.17) is 16.0 Å². The van der Waals surface area contributed by atoms with Crippen molar-refractivity contribution in [3.8, 4) is 11.5 Å². The number of hydrogen-bond acceptors (Lipinski definition) is 13. The first-order valence-corrected chi connectivity index (χ1v) is 34.6. The van der Waals surface area contributed by atoms with Crippen molar-refractivity contribution in [1.82, 2.24) is 29.5 Å². The van der Waals surface area contributed by atoms with Gasteiger partial charge < -0.3 is 35.4 Å². The van der Waals surface area contributed by atoms with E-state index in [1.165, 1.54) is 39.3 Å². The number of carboxylic acids is 1. The molecule has 530 valence electrons. The van der Waals surface area contributed by atoms with Gasteiger partial charge in [-0.25, -0.2) is 30.2 Å². The summed E-state index contributed by atoms with van der Waals surface area (Å²) in [5.74, 6) is -2.58. The molecule has 19 nitrogen and oxygen atoms in total. The van der Waals surface area contributed by atoms with Crippen LogP contribution in [-0.2, 0) is 54.8 Å². The lowest BCUT2D eigenvalue weighted by atomic mass is 9.89. The van der Waals surface area contributed by atoms with Gasteiger partial charge in [-0.05, 0) is 187 Å². The number of carbonyl (C=O) groups is 4. The number of allylic oxidation sites excluding steroid dienone is 2. The lowest BCUT2D eigenvalue weighted by molar-refractivity contribution is -0.138. The summed E-state index contributed by atoms with van der Waals surface area (Å²) in [6.45, 7) is 20.1. The molecular weight excluding hydrogens is 1310 g/mol. The third kappa shape index (κ3) is 22.2. The van der Waals surface area contributed by atoms with Gasteiger partial charge in [0.15, 0.2) is 0 Å². The van der Waals surface area contributed by atoms with E-state index in [-0.39, 0.29) is 135 Å². The molecule has 2 saturated heterocycles. The normalized spacial score (nSPS) is 16.1. The standard InChI is InChI=1S/C34H41F3N4O5S.C28H30F3N3O6S.C6H13N.CH3F/c1-5-7-9-15-40(4)31(42)26-11-10-25(24(3)20-26)12-19-47(44,45)41-16-13-33(14-17-41)32(43)38-30(39-33)27-21-28(34(35,36)37)23-29(22-27)46-18-8-6-2;1-3-4-12-40-23-16-21(15-22(17-23)28(29,30)31)24-32-26(37)27(33-24)8-10-34(11-9-27)41(38,39)13-7-19-5-6-20(25(35)36)14-18(19)2;1-3-4-5-6-7-2;1-2/h5-6,10-11,20-23H,1-2,7-9,12-19H2,3-4H3,(H,38,39,43);3,5-6,14-17H,1,4,7-13H2,2H3,(H,35,36)(H,32,33,37);3,7H,1,4-6H2,2H3;1H3/i;;;1D. The molecule has 0 bridgehead atoms. The quantitative estimate of drug-likeness (QED) is 0.0236. The molecule has 0 radical (unpaired) electrons. The van der Waals surface area contributed by atoms with Crippen LogP contribution < -0.4 is 25.4 Å². The number of halogens is 7. The van der Waals surface area contributed by atoms with Crippen LogP contribution in [0.25, 0.3) is 0 Å². The van der Waals surface area contributed by atoms with Crippen LogP contribution in [0.15, 0.2) is 133 Å². The van der Waals surface area contributed by atoms with Crippen LogP contribution in [0.1, 0.15) is 131 Å². The first-order valence-electron chi connectivity index (χ1n) is 32.1. The number of ether oxygens (including phenoxy) is 2. The number of alkyl halides is 7. The van der Waals surface area contributed by atoms with Gasteiger partial charge >= 0.3 is 18.3 Å². The molecule has 4 N–H and O–H groups in total. The van der Waals surface area contributed by atoms with Crippen LogP contribution >= 0.6 is 0 Å². The summed E-state index contributed by atoms with van der Waals surface area (Å²) in [7, 11) is -4.70. The van der Waals surface area contributed by atoms with Gasteiger partial charge in [0.05, 0.1) is 49.9 Å². The summed E-state index contributed by atoms with van der Waals surface area (Å²) in [6, 6.07) is 16.1. The van der Waals surface area contributed by atoms with Crippen molar-refractivity contribution in [2.75, 3.05) is 85.2 Å². The lowest BCUT2D eigenvalue weighted by Gasteiger charge is -2.34. The fourth-order valence-corrected chi connectivity index (χ4v) is 13.9. The minimum atomic E-state index is -4.65. The molecule has 0 aliphatic carbocycles. The summed E-state index contributed by atoms with van der Waals surface area (Å²) in [5.41, 5.74) is -0.700. The van der Waals surface area contributed by atoms with E-state index in [2.05, 4.69) is 52.3 Å². The number of benzene rings is 4. The SMILES string of the molecule is C=CCCCN(C)C(=O)c1ccc(CCS(=O)(=O)N2CCC3(CC2)N=C(c2cc(OCCC=C)cc(C(F)(F)F)c2)NC3=O)c(C)c1.C=CCCCNC.C=CCCOc1cc(C2=NC3(CCN(S(=O)(=O)CCc4ccc(C(=O)O)cc4C)CC3)C(=O)N2)cc(C(F)(F)F)c1.[2H]CF. The van der Waals surface area contributed by atoms with Crippen molar-refractivity contribution >= 4 is 55.4 Å². The molecule has 4 heterocycles. The Morgan fingerprint density at radius 1 is 0.660 bits per heavy atom. The summed E-state index contributed by atoms with van der Waals surface area (Å²) < 4.78 is 163. The van der Waals surface area contributed by atoms with Crippen LogP contribution in [-0.4, -0.2) is 167 Å². The Morgan fingerprint density at radius 2 is 1.05 bits per heavy atom. The van der Waals surface area contributed by atoms with Crippen molar-refractivity contribution in [1.29, 1.82) is 0 Å². The van der Waals surface area contributed by atoms with Crippen LogP contribution in [0.4, 0.5) is 30.7 Å². The summed E-state index contributed by atoms with van der Waals surface area (Å²) >= 11 is 0. The van der Waals surface area contributed by atoms with Crippen molar-refractivity contribution in [3.63, 3.8) is 0 Å². The van der Waals surface area contributed by atoms with E-state index in [9.17, 15) is 66.7 Å². The van der Waals surface area contributed by atoms with Crippen molar-refractivity contribution in [2.24, 2.45) is 9.98 Å². The van der Waals surface area contributed by atoms with Gasteiger partial charge in [0.25, 0.3) is 17.7 Å². The first kappa shape index (κ1) is 78.0. The zero-order valence-corrected chi connectivity index (χ0v) is 56.7. The number of carbonyl (C=O) groups excluding carboxylic acids is 3. The number of rotatable bonds is 28. The van der Waals surface area contributed by atoms with E-state index in [0.717, 1.165) is 61.2 Å². The lowest BCUT2D eigenvalue weighted by Crippen LogP contribution is -2.50. The zero-order chi connectivity index (χ0) is 72.7. The number of hydrogen-bond donors (Lipinski definition) is 4. The van der Waals surface area contributed by atoms with Crippen molar-refractivity contribution < 1.29 is 82.7 Å². The van der Waals surface area contributed by atoms with Gasteiger partial charge in [-0.15, -0.1) is 26.3 Å². The summed E-state index contributed by atoms with van der Waals surface area (Å²) in [5, 5.41) is 17.4. The van der Waals surface area contributed by atoms with E-state index in [1.54, 1.807) is 55.3 Å². The molecule has 2 spiro atoms. The third-order valence-electron chi connectivity index (χ3n) is 16.6. The monoisotopic (exact) mass is 1400 g/mol. The maximum absolute atomic E-state index is 13.6. The molecule has 0 saturated carbocycles. The third-order valence-corrected chi connectivity index (χ3v) is 20.3. The summed E-state index contributed by atoms with van der Waals surface area (Å²) in [4.78, 5) is 60.7. The van der Waals surface area contributed by atoms with E-state index in [0.29, 0.717) is 36.1 Å². The fraction of sp³-hybridized carbons (Fsp3) is 0.449. The average Bonchev–Trinajstić information content (AvgIpc) is 1.62. The molecule has 4 aromatic carbocycles. The molecule has 0 unspecified atom stereocenters. The molecule has 97 heavy (non-hydrogen) atoms. The maximum Gasteiger partial charge on any atom is 0.416 e. The van der Waals surface area contributed by atoms with E-state index < -0.39 is 79.5 Å². The minimum absolute atomic E-state index is 0.00802. The molecular formula is C69H87F7N8O11S2. The van der Waals surface area contributed by atoms with Gasteiger partial charge in [0, 0.05) is 56.5 Å². The molecule has 0 aromatic heterocycles. The molecule has 2 fully saturated rings. The number of aromatic carboxylic acids is 1. The minimum Gasteiger partial charge on any atom is -0.493 e. The Bertz CT molecular complexity index is 3780. The second-order valence-electron chi connectivity index (χ2n) is 23.4. The largest absolute Gasteiger partial charge is 0.493 e. The number of piperidine rings is 2. The van der Waals surface area contributed by atoms with Gasteiger partial charge in [0.2, 0.25) is 20.0 Å². The van der Waals surface area contributed by atoms with Gasteiger partial charge in [-0.1, -0.05) is 36.4 Å². The predicted molar refractivity (Wildman–Crippen MR) is 361 cm³/mol. The second kappa shape index (κ2) is 36.0. The molecule has 4 aromatic rings. The fourth-order valence-electron chi connectivity index (χ4n) is 10.9. The smallest absolute Gasteiger partial charge is 0.416 e. The Hall–Kier alpha value is -8.05. The number of carboxylic acid groups (broad SMARTS) is 1. The van der Waals surface area contributed by atoms with Crippen molar-refractivity contribution in [3.05, 3.63) is 179 Å². The highest BCUT2D eigenvalue weighted by Crippen LogP contribution is 2.38. The summed E-state index contributed by atoms with van der Waals surface area (Å²) in [6.07, 6.45) is 3.18. The highest BCUT2D eigenvalue weighted by Gasteiger charge is 2.49. The molecule has 0 atom stereocenters. The van der Waals surface area contributed by atoms with Crippen molar-refractivity contribution in [2.45, 2.75) is 114 Å². The Morgan fingerprint density at radius 3 is 1.42 bits per heavy atom. The molecule has 8 rings (SSSR count). The van der Waals surface area contributed by atoms with Gasteiger partial charge in [0.1, 0.15) is 34.2 Å². The number of amides is 3. The van der Waals surface area contributed by atoms with Crippen LogP contribution in [0.5, 0.6) is 11.5 Å². The topological polar surface area (TPSA) is 246 Å².